The van der Waals surface area contributed by atoms with Gasteiger partial charge in [-0.15, -0.1) is 0 Å². The van der Waals surface area contributed by atoms with Crippen molar-refractivity contribution in [1.82, 2.24) is 15.5 Å². The minimum Gasteiger partial charge on any atom is -0.356 e. The second kappa shape index (κ2) is 31.4. The number of hydrogen-bond acceptors (Lipinski definition) is 4. The minimum atomic E-state index is 0.120. The van der Waals surface area contributed by atoms with Crippen molar-refractivity contribution in [2.75, 3.05) is 39.3 Å². The van der Waals surface area contributed by atoms with Gasteiger partial charge in [0.15, 0.2) is 0 Å². The summed E-state index contributed by atoms with van der Waals surface area (Å²) >= 11 is 0. The maximum Gasteiger partial charge on any atom is 0.221 e. The first-order valence-corrected chi connectivity index (χ1v) is 17.1. The Morgan fingerprint density at radius 3 is 1.15 bits per heavy atom. The summed E-state index contributed by atoms with van der Waals surface area (Å²) in [5.41, 5.74) is 5.71. The fraction of sp³-hybridized carbons (Fsp3) is 0.939. The van der Waals surface area contributed by atoms with Crippen molar-refractivity contribution < 1.29 is 9.59 Å². The predicted molar refractivity (Wildman–Crippen MR) is 169 cm³/mol. The van der Waals surface area contributed by atoms with E-state index in [4.69, 9.17) is 5.73 Å². The first-order chi connectivity index (χ1) is 19.1. The molecule has 0 radical (unpaired) electrons. The zero-order valence-corrected chi connectivity index (χ0v) is 26.3. The standard InChI is InChI=1S/C33H68N4O2/c1-3-5-7-9-11-13-15-17-19-21-27-35-32(38)24-30-37(29-23-26-34)31-25-33(39)36-28-22-20-18-16-14-12-10-8-6-4-2/h3-31,34H2,1-2H3,(H,35,38)(H,36,39). The maximum absolute atomic E-state index is 12.3. The van der Waals surface area contributed by atoms with Crippen LogP contribution in [0.2, 0.25) is 0 Å². The van der Waals surface area contributed by atoms with E-state index in [2.05, 4.69) is 29.4 Å². The average Bonchev–Trinajstić information content (AvgIpc) is 2.94. The summed E-state index contributed by atoms with van der Waals surface area (Å²) in [6, 6.07) is 0. The molecule has 0 aliphatic heterocycles. The Morgan fingerprint density at radius 1 is 0.487 bits per heavy atom. The highest BCUT2D eigenvalue weighted by atomic mass is 16.2. The van der Waals surface area contributed by atoms with Crippen molar-refractivity contribution in [3.63, 3.8) is 0 Å². The van der Waals surface area contributed by atoms with Gasteiger partial charge in [-0.25, -0.2) is 0 Å². The van der Waals surface area contributed by atoms with Crippen molar-refractivity contribution in [3.8, 4) is 0 Å². The van der Waals surface area contributed by atoms with E-state index in [0.717, 1.165) is 38.9 Å². The minimum absolute atomic E-state index is 0.120. The Kier molecular flexibility index (Phi) is 30.5. The first kappa shape index (κ1) is 37.9. The molecule has 0 heterocycles. The van der Waals surface area contributed by atoms with E-state index in [1.165, 1.54) is 116 Å². The van der Waals surface area contributed by atoms with E-state index < -0.39 is 0 Å². The van der Waals surface area contributed by atoms with Crippen molar-refractivity contribution in [3.05, 3.63) is 0 Å². The number of rotatable bonds is 31. The van der Waals surface area contributed by atoms with Gasteiger partial charge in [-0.05, 0) is 32.4 Å². The molecule has 0 bridgehead atoms. The zero-order valence-electron chi connectivity index (χ0n) is 26.3. The lowest BCUT2D eigenvalue weighted by atomic mass is 10.1. The number of unbranched alkanes of at least 4 members (excludes halogenated alkanes) is 18. The lowest BCUT2D eigenvalue weighted by Gasteiger charge is -2.21. The smallest absolute Gasteiger partial charge is 0.221 e. The third kappa shape index (κ3) is 29.7. The van der Waals surface area contributed by atoms with Crippen LogP contribution in [0.1, 0.15) is 162 Å². The van der Waals surface area contributed by atoms with Gasteiger partial charge >= 0.3 is 0 Å². The number of nitrogens with two attached hydrogens (primary N) is 1. The molecule has 4 N–H and O–H groups in total. The number of carbonyl (C=O) groups excluding carboxylic acids is 2. The zero-order chi connectivity index (χ0) is 28.7. The Labute approximate surface area is 243 Å². The molecule has 6 heteroatoms. The quantitative estimate of drug-likeness (QED) is 0.0777. The molecule has 232 valence electrons. The highest BCUT2D eigenvalue weighted by Gasteiger charge is 2.10. The fourth-order valence-electron chi connectivity index (χ4n) is 5.03. The van der Waals surface area contributed by atoms with Crippen molar-refractivity contribution in [2.24, 2.45) is 5.73 Å². The molecule has 0 aromatic rings. The Balaban J connectivity index is 3.76. The number of hydrogen-bond donors (Lipinski definition) is 3. The number of nitrogens with zero attached hydrogens (tertiary/aromatic N) is 1. The lowest BCUT2D eigenvalue weighted by Crippen LogP contribution is -2.35. The summed E-state index contributed by atoms with van der Waals surface area (Å²) in [6.07, 6.45) is 28.0. The third-order valence-electron chi connectivity index (χ3n) is 7.69. The normalized spacial score (nSPS) is 11.3. The van der Waals surface area contributed by atoms with Crippen LogP contribution in [0.25, 0.3) is 0 Å². The number of nitrogens with one attached hydrogen (secondary N) is 2. The van der Waals surface area contributed by atoms with Gasteiger partial charge in [-0.3, -0.25) is 9.59 Å². The second-order valence-electron chi connectivity index (χ2n) is 11.5. The van der Waals surface area contributed by atoms with Gasteiger partial charge < -0.3 is 21.3 Å². The highest BCUT2D eigenvalue weighted by Crippen LogP contribution is 2.11. The van der Waals surface area contributed by atoms with E-state index in [1.54, 1.807) is 0 Å². The molecular formula is C33H68N4O2. The first-order valence-electron chi connectivity index (χ1n) is 17.1. The van der Waals surface area contributed by atoms with E-state index in [9.17, 15) is 9.59 Å². The van der Waals surface area contributed by atoms with Crippen molar-refractivity contribution in [2.45, 2.75) is 162 Å². The van der Waals surface area contributed by atoms with Gasteiger partial charge in [-0.2, -0.15) is 0 Å². The summed E-state index contributed by atoms with van der Waals surface area (Å²) in [5, 5.41) is 6.16. The molecule has 39 heavy (non-hydrogen) atoms. The molecule has 0 aromatic heterocycles. The van der Waals surface area contributed by atoms with Gasteiger partial charge in [0.05, 0.1) is 0 Å². The van der Waals surface area contributed by atoms with Gasteiger partial charge in [0.2, 0.25) is 11.8 Å². The Bertz CT molecular complexity index is 488. The van der Waals surface area contributed by atoms with Crippen LogP contribution in [0, 0.1) is 0 Å². The molecule has 0 unspecified atom stereocenters. The van der Waals surface area contributed by atoms with Gasteiger partial charge in [0, 0.05) is 39.0 Å². The molecule has 0 fully saturated rings. The van der Waals surface area contributed by atoms with Crippen LogP contribution in [0.4, 0.5) is 0 Å². The molecule has 0 aliphatic carbocycles. The van der Waals surface area contributed by atoms with Crippen LogP contribution in [-0.2, 0) is 9.59 Å². The molecule has 2 amide bonds. The van der Waals surface area contributed by atoms with Crippen molar-refractivity contribution in [1.29, 1.82) is 0 Å². The largest absolute Gasteiger partial charge is 0.356 e. The highest BCUT2D eigenvalue weighted by molar-refractivity contribution is 5.76. The van der Waals surface area contributed by atoms with E-state index in [-0.39, 0.29) is 11.8 Å². The molecule has 0 aliphatic rings. The molecule has 0 aromatic carbocycles. The van der Waals surface area contributed by atoms with Crippen LogP contribution < -0.4 is 16.4 Å². The van der Waals surface area contributed by atoms with E-state index in [0.29, 0.717) is 32.5 Å². The molecule has 0 saturated carbocycles. The third-order valence-corrected chi connectivity index (χ3v) is 7.69. The summed E-state index contributed by atoms with van der Waals surface area (Å²) < 4.78 is 0. The number of amides is 2. The van der Waals surface area contributed by atoms with Gasteiger partial charge in [0.25, 0.3) is 0 Å². The molecule has 0 saturated heterocycles. The van der Waals surface area contributed by atoms with E-state index >= 15 is 0 Å². The molecular weight excluding hydrogens is 484 g/mol. The van der Waals surface area contributed by atoms with Crippen LogP contribution in [-0.4, -0.2) is 56.0 Å². The summed E-state index contributed by atoms with van der Waals surface area (Å²) in [7, 11) is 0. The number of carbonyl (C=O) groups is 2. The summed E-state index contributed by atoms with van der Waals surface area (Å²) in [4.78, 5) is 26.8. The SMILES string of the molecule is CCCCCCCCCCCCNC(=O)CCN(CCCN)CCC(=O)NCCCCCCCCCCCC. The average molecular weight is 553 g/mol. The molecule has 6 nitrogen and oxygen atoms in total. The second-order valence-corrected chi connectivity index (χ2v) is 11.5. The Morgan fingerprint density at radius 2 is 0.821 bits per heavy atom. The monoisotopic (exact) mass is 553 g/mol. The Hall–Kier alpha value is -1.14. The van der Waals surface area contributed by atoms with Crippen LogP contribution >= 0.6 is 0 Å². The lowest BCUT2D eigenvalue weighted by molar-refractivity contribution is -0.121. The topological polar surface area (TPSA) is 87.5 Å². The van der Waals surface area contributed by atoms with Crippen LogP contribution in [0.5, 0.6) is 0 Å². The van der Waals surface area contributed by atoms with Crippen LogP contribution in [0.3, 0.4) is 0 Å². The van der Waals surface area contributed by atoms with Gasteiger partial charge in [0.1, 0.15) is 0 Å². The summed E-state index contributed by atoms with van der Waals surface area (Å²) in [6.45, 7) is 8.93. The maximum atomic E-state index is 12.3. The molecule has 0 rings (SSSR count). The molecule has 0 spiro atoms. The fourth-order valence-corrected chi connectivity index (χ4v) is 5.03. The molecule has 0 atom stereocenters. The van der Waals surface area contributed by atoms with Crippen LogP contribution in [0.15, 0.2) is 0 Å². The van der Waals surface area contributed by atoms with Crippen molar-refractivity contribution >= 4 is 11.8 Å². The van der Waals surface area contributed by atoms with E-state index in [1.807, 2.05) is 0 Å². The summed E-state index contributed by atoms with van der Waals surface area (Å²) in [5.74, 6) is 0.239. The van der Waals surface area contributed by atoms with Gasteiger partial charge in [-0.1, -0.05) is 129 Å². The predicted octanol–water partition coefficient (Wildman–Crippen LogP) is 7.49.